The summed E-state index contributed by atoms with van der Waals surface area (Å²) in [5.41, 5.74) is 0.483. The maximum absolute atomic E-state index is 3.66. The smallest absolute Gasteiger partial charge is 0.0153 e. The molecule has 2 aliphatic carbocycles. The summed E-state index contributed by atoms with van der Waals surface area (Å²) in [6.45, 7) is 4.65. The Labute approximate surface area is 87.8 Å². The Morgan fingerprint density at radius 3 is 2.36 bits per heavy atom. The third-order valence-corrected chi connectivity index (χ3v) is 3.92. The van der Waals surface area contributed by atoms with E-state index in [1.165, 1.54) is 44.9 Å². The Hall–Kier alpha value is -0.0800. The molecule has 0 heterocycles. The van der Waals surface area contributed by atoms with Crippen LogP contribution in [0.2, 0.25) is 0 Å². The van der Waals surface area contributed by atoms with Gasteiger partial charge in [0.05, 0.1) is 0 Å². The normalized spacial score (nSPS) is 26.4. The molecule has 82 valence electrons. The fourth-order valence-electron chi connectivity index (χ4n) is 2.65. The molecule has 0 unspecified atom stereocenters. The molecule has 0 atom stereocenters. The Balaban J connectivity index is 1.50. The molecule has 0 aliphatic heterocycles. The summed E-state index contributed by atoms with van der Waals surface area (Å²) >= 11 is 0. The Morgan fingerprint density at radius 1 is 1.07 bits per heavy atom. The number of nitrogens with one attached hydrogen (secondary N) is 2. The maximum Gasteiger partial charge on any atom is 0.0153 e. The van der Waals surface area contributed by atoms with E-state index in [1.54, 1.807) is 0 Å². The molecule has 2 N–H and O–H groups in total. The van der Waals surface area contributed by atoms with Crippen LogP contribution in [-0.2, 0) is 0 Å². The number of rotatable bonds is 5. The molecule has 0 amide bonds. The van der Waals surface area contributed by atoms with Crippen LogP contribution in [0.3, 0.4) is 0 Å². The van der Waals surface area contributed by atoms with E-state index >= 15 is 0 Å². The van der Waals surface area contributed by atoms with Crippen LogP contribution in [0.5, 0.6) is 0 Å². The summed E-state index contributed by atoms with van der Waals surface area (Å²) in [6, 6.07) is 0.825. The molecule has 14 heavy (non-hydrogen) atoms. The third kappa shape index (κ3) is 2.71. The van der Waals surface area contributed by atoms with Gasteiger partial charge in [-0.15, -0.1) is 0 Å². The molecule has 0 radical (unpaired) electrons. The van der Waals surface area contributed by atoms with Crippen LogP contribution in [0.25, 0.3) is 0 Å². The molecule has 2 nitrogen and oxygen atoms in total. The maximum atomic E-state index is 3.66. The zero-order valence-electron chi connectivity index (χ0n) is 9.44. The largest absolute Gasteiger partial charge is 0.313 e. The standard InChI is InChI=1S/C12H24N2/c1-12(7-4-8-12)14-10-9-13-11-5-2-3-6-11/h11,13-14H,2-10H2,1H3. The topological polar surface area (TPSA) is 24.1 Å². The Bertz CT molecular complexity index is 169. The molecule has 2 fully saturated rings. The van der Waals surface area contributed by atoms with Crippen LogP contribution in [0.4, 0.5) is 0 Å². The molecule has 0 aromatic carbocycles. The minimum absolute atomic E-state index is 0.483. The van der Waals surface area contributed by atoms with Crippen LogP contribution < -0.4 is 10.6 Å². The fourth-order valence-corrected chi connectivity index (χ4v) is 2.65. The highest BCUT2D eigenvalue weighted by atomic mass is 15.0. The molecule has 0 bridgehead atoms. The van der Waals surface area contributed by atoms with Crippen molar-refractivity contribution in [2.24, 2.45) is 0 Å². The first-order valence-electron chi connectivity index (χ1n) is 6.27. The number of hydrogen-bond acceptors (Lipinski definition) is 2. The van der Waals surface area contributed by atoms with Crippen LogP contribution in [0.15, 0.2) is 0 Å². The van der Waals surface area contributed by atoms with E-state index in [1.807, 2.05) is 0 Å². The average molecular weight is 196 g/mol. The van der Waals surface area contributed by atoms with E-state index in [9.17, 15) is 0 Å². The van der Waals surface area contributed by atoms with Gasteiger partial charge in [0, 0.05) is 24.7 Å². The van der Waals surface area contributed by atoms with Crippen molar-refractivity contribution in [1.82, 2.24) is 10.6 Å². The van der Waals surface area contributed by atoms with Crippen LogP contribution in [0.1, 0.15) is 51.9 Å². The van der Waals surface area contributed by atoms with Gasteiger partial charge in [-0.2, -0.15) is 0 Å². The van der Waals surface area contributed by atoms with Crippen molar-refractivity contribution in [2.45, 2.75) is 63.5 Å². The lowest BCUT2D eigenvalue weighted by atomic mass is 9.78. The van der Waals surface area contributed by atoms with Gasteiger partial charge >= 0.3 is 0 Å². The molecule has 2 saturated carbocycles. The van der Waals surface area contributed by atoms with Gasteiger partial charge in [0.2, 0.25) is 0 Å². The predicted molar refractivity (Wildman–Crippen MR) is 60.5 cm³/mol. The highest BCUT2D eigenvalue weighted by Crippen LogP contribution is 2.30. The van der Waals surface area contributed by atoms with Crippen molar-refractivity contribution in [3.8, 4) is 0 Å². The number of hydrogen-bond donors (Lipinski definition) is 2. The van der Waals surface area contributed by atoms with Gasteiger partial charge in [0.1, 0.15) is 0 Å². The van der Waals surface area contributed by atoms with E-state index in [4.69, 9.17) is 0 Å². The van der Waals surface area contributed by atoms with E-state index in [2.05, 4.69) is 17.6 Å². The SMILES string of the molecule is CC1(NCCNC2CCCC2)CCC1. The summed E-state index contributed by atoms with van der Waals surface area (Å²) in [4.78, 5) is 0. The van der Waals surface area contributed by atoms with Gasteiger partial charge in [-0.25, -0.2) is 0 Å². The van der Waals surface area contributed by atoms with Crippen molar-refractivity contribution < 1.29 is 0 Å². The minimum Gasteiger partial charge on any atom is -0.313 e. The molecule has 0 spiro atoms. The van der Waals surface area contributed by atoms with Crippen molar-refractivity contribution in [3.05, 3.63) is 0 Å². The van der Waals surface area contributed by atoms with Crippen molar-refractivity contribution in [2.75, 3.05) is 13.1 Å². The monoisotopic (exact) mass is 196 g/mol. The van der Waals surface area contributed by atoms with E-state index in [-0.39, 0.29) is 0 Å². The van der Waals surface area contributed by atoms with Crippen LogP contribution in [0, 0.1) is 0 Å². The first-order chi connectivity index (χ1) is 6.79. The highest BCUT2D eigenvalue weighted by Gasteiger charge is 2.30. The molecule has 2 rings (SSSR count). The summed E-state index contributed by atoms with van der Waals surface area (Å²) < 4.78 is 0. The average Bonchev–Trinajstić information content (AvgIpc) is 2.62. The van der Waals surface area contributed by atoms with E-state index in [0.717, 1.165) is 19.1 Å². The first-order valence-corrected chi connectivity index (χ1v) is 6.27. The van der Waals surface area contributed by atoms with Crippen molar-refractivity contribution in [3.63, 3.8) is 0 Å². The van der Waals surface area contributed by atoms with Gasteiger partial charge in [-0.1, -0.05) is 12.8 Å². The lowest BCUT2D eigenvalue weighted by Gasteiger charge is -2.39. The molecule has 0 aromatic rings. The van der Waals surface area contributed by atoms with Crippen molar-refractivity contribution in [1.29, 1.82) is 0 Å². The zero-order valence-corrected chi connectivity index (χ0v) is 9.44. The van der Waals surface area contributed by atoms with Crippen LogP contribution >= 0.6 is 0 Å². The molecular weight excluding hydrogens is 172 g/mol. The summed E-state index contributed by atoms with van der Waals surface area (Å²) in [7, 11) is 0. The lowest BCUT2D eigenvalue weighted by Crippen LogP contribution is -2.50. The predicted octanol–water partition coefficient (Wildman–Crippen LogP) is 2.05. The fraction of sp³-hybridized carbons (Fsp3) is 1.00. The highest BCUT2D eigenvalue weighted by molar-refractivity contribution is 4.91. The zero-order chi connectivity index (χ0) is 9.86. The summed E-state index contributed by atoms with van der Waals surface area (Å²) in [5.74, 6) is 0. The molecule has 0 aromatic heterocycles. The van der Waals surface area contributed by atoms with E-state index < -0.39 is 0 Å². The first kappa shape index (κ1) is 10.4. The summed E-state index contributed by atoms with van der Waals surface area (Å²) in [6.07, 6.45) is 9.83. The van der Waals surface area contributed by atoms with Gasteiger partial charge in [0.25, 0.3) is 0 Å². The Kier molecular flexibility index (Phi) is 3.45. The van der Waals surface area contributed by atoms with Crippen molar-refractivity contribution >= 4 is 0 Å². The Morgan fingerprint density at radius 2 is 1.79 bits per heavy atom. The van der Waals surface area contributed by atoms with Gasteiger partial charge in [-0.3, -0.25) is 0 Å². The second kappa shape index (κ2) is 4.63. The molecule has 2 aliphatic rings. The van der Waals surface area contributed by atoms with Crippen LogP contribution in [-0.4, -0.2) is 24.7 Å². The third-order valence-electron chi connectivity index (χ3n) is 3.92. The molecule has 2 heteroatoms. The lowest BCUT2D eigenvalue weighted by molar-refractivity contribution is 0.209. The summed E-state index contributed by atoms with van der Waals surface area (Å²) in [5, 5.41) is 7.30. The van der Waals surface area contributed by atoms with E-state index in [0.29, 0.717) is 5.54 Å². The second-order valence-electron chi connectivity index (χ2n) is 5.28. The van der Waals surface area contributed by atoms with Gasteiger partial charge < -0.3 is 10.6 Å². The molecule has 0 saturated heterocycles. The molecular formula is C12H24N2. The minimum atomic E-state index is 0.483. The quantitative estimate of drug-likeness (QED) is 0.658. The van der Waals surface area contributed by atoms with Gasteiger partial charge in [-0.05, 0) is 39.0 Å². The van der Waals surface area contributed by atoms with Gasteiger partial charge in [0.15, 0.2) is 0 Å². The second-order valence-corrected chi connectivity index (χ2v) is 5.28.